The summed E-state index contributed by atoms with van der Waals surface area (Å²) >= 11 is 0. The van der Waals surface area contributed by atoms with Crippen molar-refractivity contribution in [3.8, 4) is 0 Å². The number of rotatable bonds is 6. The second-order valence-electron chi connectivity index (χ2n) is 6.14. The fraction of sp³-hybridized carbons (Fsp3) is 0.0870. The van der Waals surface area contributed by atoms with E-state index in [2.05, 4.69) is 10.6 Å². The highest BCUT2D eigenvalue weighted by Crippen LogP contribution is 2.18. The standard InChI is InChI=1S/C23H20N2O3/c1-2-24-22(27)17-11-8-12-18(15-17)25-23(28)20-14-7-6-13-19(20)21(26)16-9-4-3-5-10-16/h3-15H,2H2,1H3,(H,24,27)(H,25,28). The molecule has 0 atom stereocenters. The van der Waals surface area contributed by atoms with Gasteiger partial charge in [0.2, 0.25) is 0 Å². The summed E-state index contributed by atoms with van der Waals surface area (Å²) in [5.74, 6) is -0.839. The third-order valence-corrected chi connectivity index (χ3v) is 4.17. The Morgan fingerprint density at radius 3 is 2.07 bits per heavy atom. The zero-order valence-corrected chi connectivity index (χ0v) is 15.4. The fourth-order valence-corrected chi connectivity index (χ4v) is 2.82. The van der Waals surface area contributed by atoms with Gasteiger partial charge in [-0.05, 0) is 31.2 Å². The summed E-state index contributed by atoms with van der Waals surface area (Å²) in [4.78, 5) is 37.6. The van der Waals surface area contributed by atoms with E-state index in [1.54, 1.807) is 72.8 Å². The highest BCUT2D eigenvalue weighted by Gasteiger charge is 2.18. The first-order valence-electron chi connectivity index (χ1n) is 8.98. The number of amides is 2. The maximum atomic E-state index is 12.8. The minimum atomic E-state index is -0.409. The Kier molecular flexibility index (Phi) is 5.97. The van der Waals surface area contributed by atoms with Crippen molar-refractivity contribution in [2.24, 2.45) is 0 Å². The van der Waals surface area contributed by atoms with Gasteiger partial charge in [0, 0.05) is 28.9 Å². The summed E-state index contributed by atoms with van der Waals surface area (Å²) in [6.45, 7) is 2.36. The SMILES string of the molecule is CCNC(=O)c1cccc(NC(=O)c2ccccc2C(=O)c2ccccc2)c1. The number of hydrogen-bond donors (Lipinski definition) is 2. The van der Waals surface area contributed by atoms with Crippen molar-refractivity contribution in [1.29, 1.82) is 0 Å². The van der Waals surface area contributed by atoms with E-state index in [4.69, 9.17) is 0 Å². The first-order valence-corrected chi connectivity index (χ1v) is 8.98. The molecule has 28 heavy (non-hydrogen) atoms. The summed E-state index contributed by atoms with van der Waals surface area (Å²) in [6.07, 6.45) is 0. The van der Waals surface area contributed by atoms with Gasteiger partial charge < -0.3 is 10.6 Å². The lowest BCUT2D eigenvalue weighted by Crippen LogP contribution is -2.23. The molecule has 0 unspecified atom stereocenters. The Hall–Kier alpha value is -3.73. The van der Waals surface area contributed by atoms with E-state index in [9.17, 15) is 14.4 Å². The Bertz CT molecular complexity index is 1010. The van der Waals surface area contributed by atoms with Gasteiger partial charge in [0.25, 0.3) is 11.8 Å². The highest BCUT2D eigenvalue weighted by atomic mass is 16.2. The number of ketones is 1. The number of carbonyl (C=O) groups excluding carboxylic acids is 3. The molecule has 0 heterocycles. The van der Waals surface area contributed by atoms with E-state index in [0.717, 1.165) is 0 Å². The lowest BCUT2D eigenvalue weighted by Gasteiger charge is -2.11. The fourth-order valence-electron chi connectivity index (χ4n) is 2.82. The van der Waals surface area contributed by atoms with Crippen LogP contribution in [0.5, 0.6) is 0 Å². The minimum Gasteiger partial charge on any atom is -0.352 e. The van der Waals surface area contributed by atoms with E-state index in [1.807, 2.05) is 13.0 Å². The molecule has 0 saturated carbocycles. The van der Waals surface area contributed by atoms with Crippen LogP contribution < -0.4 is 10.6 Å². The van der Waals surface area contributed by atoms with Crippen LogP contribution in [0.25, 0.3) is 0 Å². The van der Waals surface area contributed by atoms with Gasteiger partial charge in [-0.25, -0.2) is 0 Å². The zero-order valence-electron chi connectivity index (χ0n) is 15.4. The number of carbonyl (C=O) groups is 3. The van der Waals surface area contributed by atoms with Gasteiger partial charge in [0.15, 0.2) is 5.78 Å². The average Bonchev–Trinajstić information content (AvgIpc) is 2.74. The molecule has 0 saturated heterocycles. The van der Waals surface area contributed by atoms with Crippen LogP contribution >= 0.6 is 0 Å². The molecule has 0 spiro atoms. The molecule has 2 amide bonds. The van der Waals surface area contributed by atoms with Gasteiger partial charge in [-0.3, -0.25) is 14.4 Å². The molecule has 3 rings (SSSR count). The number of benzene rings is 3. The van der Waals surface area contributed by atoms with Crippen molar-refractivity contribution in [3.63, 3.8) is 0 Å². The zero-order chi connectivity index (χ0) is 19.9. The number of hydrogen-bond acceptors (Lipinski definition) is 3. The molecule has 140 valence electrons. The van der Waals surface area contributed by atoms with Crippen molar-refractivity contribution in [2.45, 2.75) is 6.92 Å². The Labute approximate surface area is 163 Å². The summed E-state index contributed by atoms with van der Waals surface area (Å²) in [6, 6.07) is 22.2. The third-order valence-electron chi connectivity index (χ3n) is 4.17. The van der Waals surface area contributed by atoms with Crippen molar-refractivity contribution in [2.75, 3.05) is 11.9 Å². The van der Waals surface area contributed by atoms with Gasteiger partial charge in [-0.1, -0.05) is 54.6 Å². The first kappa shape index (κ1) is 19.0. The van der Waals surface area contributed by atoms with Crippen molar-refractivity contribution < 1.29 is 14.4 Å². The monoisotopic (exact) mass is 372 g/mol. The molecule has 0 bridgehead atoms. The van der Waals surface area contributed by atoms with Crippen LogP contribution in [0.4, 0.5) is 5.69 Å². The largest absolute Gasteiger partial charge is 0.352 e. The lowest BCUT2D eigenvalue weighted by molar-refractivity contribution is 0.0954. The first-order chi connectivity index (χ1) is 13.6. The predicted octanol–water partition coefficient (Wildman–Crippen LogP) is 3.92. The number of anilines is 1. The molecule has 0 aliphatic rings. The van der Waals surface area contributed by atoms with Crippen LogP contribution in [-0.2, 0) is 0 Å². The molecule has 3 aromatic carbocycles. The van der Waals surface area contributed by atoms with E-state index >= 15 is 0 Å². The summed E-state index contributed by atoms with van der Waals surface area (Å²) in [5, 5.41) is 5.49. The molecule has 2 N–H and O–H groups in total. The normalized spacial score (nSPS) is 10.2. The van der Waals surface area contributed by atoms with Gasteiger partial charge in [-0.15, -0.1) is 0 Å². The third kappa shape index (κ3) is 4.32. The molecule has 0 aliphatic carbocycles. The van der Waals surface area contributed by atoms with Crippen LogP contribution in [0.3, 0.4) is 0 Å². The molecular weight excluding hydrogens is 352 g/mol. The van der Waals surface area contributed by atoms with Crippen molar-refractivity contribution >= 4 is 23.3 Å². The molecule has 0 aliphatic heterocycles. The Morgan fingerprint density at radius 2 is 1.36 bits per heavy atom. The number of nitrogens with one attached hydrogen (secondary N) is 2. The van der Waals surface area contributed by atoms with Gasteiger partial charge >= 0.3 is 0 Å². The van der Waals surface area contributed by atoms with E-state index in [-0.39, 0.29) is 17.3 Å². The van der Waals surface area contributed by atoms with Gasteiger partial charge in [-0.2, -0.15) is 0 Å². The van der Waals surface area contributed by atoms with E-state index in [1.165, 1.54) is 0 Å². The Balaban J connectivity index is 1.85. The van der Waals surface area contributed by atoms with Crippen LogP contribution in [0.1, 0.15) is 43.6 Å². The molecular formula is C23H20N2O3. The summed E-state index contributed by atoms with van der Waals surface area (Å²) in [5.41, 5.74) is 2.05. The van der Waals surface area contributed by atoms with Crippen LogP contribution in [0.15, 0.2) is 78.9 Å². The second kappa shape index (κ2) is 8.77. The highest BCUT2D eigenvalue weighted by molar-refractivity contribution is 6.17. The maximum absolute atomic E-state index is 12.8. The van der Waals surface area contributed by atoms with Crippen molar-refractivity contribution in [3.05, 3.63) is 101 Å². The summed E-state index contributed by atoms with van der Waals surface area (Å²) < 4.78 is 0. The van der Waals surface area contributed by atoms with Crippen LogP contribution in [0, 0.1) is 0 Å². The lowest BCUT2D eigenvalue weighted by atomic mass is 9.98. The van der Waals surface area contributed by atoms with Gasteiger partial charge in [0.1, 0.15) is 0 Å². The molecule has 0 radical (unpaired) electrons. The van der Waals surface area contributed by atoms with Crippen LogP contribution in [-0.4, -0.2) is 24.1 Å². The average molecular weight is 372 g/mol. The molecule has 3 aromatic rings. The molecule has 5 nitrogen and oxygen atoms in total. The molecule has 5 heteroatoms. The smallest absolute Gasteiger partial charge is 0.256 e. The molecule has 0 fully saturated rings. The summed E-state index contributed by atoms with van der Waals surface area (Å²) in [7, 11) is 0. The van der Waals surface area contributed by atoms with Crippen molar-refractivity contribution in [1.82, 2.24) is 5.32 Å². The van der Waals surface area contributed by atoms with E-state index in [0.29, 0.717) is 28.9 Å². The topological polar surface area (TPSA) is 75.3 Å². The van der Waals surface area contributed by atoms with Crippen LogP contribution in [0.2, 0.25) is 0 Å². The quantitative estimate of drug-likeness (QED) is 0.644. The predicted molar refractivity (Wildman–Crippen MR) is 109 cm³/mol. The molecule has 0 aromatic heterocycles. The maximum Gasteiger partial charge on any atom is 0.256 e. The minimum absolute atomic E-state index is 0.210. The van der Waals surface area contributed by atoms with E-state index < -0.39 is 5.91 Å². The van der Waals surface area contributed by atoms with Gasteiger partial charge in [0.05, 0.1) is 5.56 Å². The second-order valence-corrected chi connectivity index (χ2v) is 6.14. The Morgan fingerprint density at radius 1 is 0.714 bits per heavy atom.